The van der Waals surface area contributed by atoms with Crippen LogP contribution in [0.4, 0.5) is 0 Å². The van der Waals surface area contributed by atoms with Gasteiger partial charge in [0.25, 0.3) is 0 Å². The number of amidine groups is 1. The van der Waals surface area contributed by atoms with E-state index in [4.69, 9.17) is 10.5 Å². The number of phenolic OH excluding ortho intramolecular Hbond substituents is 1. The number of ether oxygens (including phenoxy) is 1. The highest BCUT2D eigenvalue weighted by Crippen LogP contribution is 2.69. The fourth-order valence-electron chi connectivity index (χ4n) is 8.63. The minimum absolute atomic E-state index is 0.0307. The fourth-order valence-corrected chi connectivity index (χ4v) is 8.63. The van der Waals surface area contributed by atoms with E-state index >= 15 is 0 Å². The molecular formula is C33H40N4O3. The normalized spacial score (nSPS) is 30.3. The quantitative estimate of drug-likeness (QED) is 0.189. The van der Waals surface area contributed by atoms with E-state index in [0.29, 0.717) is 24.4 Å². The Kier molecular flexibility index (Phi) is 5.40. The molecule has 0 radical (unpaired) electrons. The van der Waals surface area contributed by atoms with Crippen molar-refractivity contribution >= 4 is 16.7 Å². The monoisotopic (exact) mass is 540 g/mol. The second-order valence-corrected chi connectivity index (χ2v) is 13.1. The maximum Gasteiger partial charge on any atom is 0.166 e. The summed E-state index contributed by atoms with van der Waals surface area (Å²) in [5, 5.41) is 25.1. The van der Waals surface area contributed by atoms with Crippen molar-refractivity contribution in [3.8, 4) is 11.5 Å². The van der Waals surface area contributed by atoms with Gasteiger partial charge in [0.2, 0.25) is 0 Å². The number of phenols is 1. The standard InChI is InChI=1S/C33H40N4O3/c1-2-3-4-12-35-27(34)15-20-7-9-24-22(14-20)23-17-33(39)26-16-21-8-10-25(38)30-28(21)32(33,31(40-30)29(23)36-24)11-13-37(26)18-19-5-6-19/h7-10,14,19,26,31,36,38-39H,2-6,11-13,15-18H2,1H3,(H2,34,35)/t26-,31+,32+,33-/m1/s1. The van der Waals surface area contributed by atoms with E-state index in [1.54, 1.807) is 6.07 Å². The Hall–Kier alpha value is -3.03. The summed E-state index contributed by atoms with van der Waals surface area (Å²) in [6.07, 6.45) is 8.48. The van der Waals surface area contributed by atoms with Crippen molar-refractivity contribution in [3.63, 3.8) is 0 Å². The highest BCUT2D eigenvalue weighted by molar-refractivity contribution is 5.89. The number of piperidine rings is 1. The number of likely N-dealkylation sites (tertiary alicyclic amines) is 1. The Morgan fingerprint density at radius 3 is 2.92 bits per heavy atom. The van der Waals surface area contributed by atoms with Crippen LogP contribution in [0.1, 0.15) is 79.5 Å². The number of aromatic hydroxyl groups is 1. The van der Waals surface area contributed by atoms with Crippen LogP contribution in [0.15, 0.2) is 35.3 Å². The van der Waals surface area contributed by atoms with Gasteiger partial charge >= 0.3 is 0 Å². The summed E-state index contributed by atoms with van der Waals surface area (Å²) in [6.45, 7) is 5.00. The van der Waals surface area contributed by atoms with Crippen LogP contribution in [0, 0.1) is 5.92 Å². The van der Waals surface area contributed by atoms with Gasteiger partial charge in [-0.2, -0.15) is 0 Å². The second kappa shape index (κ2) is 8.73. The van der Waals surface area contributed by atoms with E-state index in [1.165, 1.54) is 31.2 Å². The number of rotatable bonds is 8. The molecule has 1 aromatic heterocycles. The Morgan fingerprint density at radius 2 is 2.10 bits per heavy atom. The second-order valence-electron chi connectivity index (χ2n) is 13.1. The molecule has 2 fully saturated rings. The molecule has 1 spiro atoms. The molecule has 4 atom stereocenters. The molecule has 3 aromatic rings. The number of nitrogens with one attached hydrogen (secondary N) is 1. The van der Waals surface area contributed by atoms with Crippen LogP contribution < -0.4 is 10.5 Å². The Bertz CT molecular complexity index is 1540. The first-order valence-corrected chi connectivity index (χ1v) is 15.3. The maximum atomic E-state index is 13.0. The lowest BCUT2D eigenvalue weighted by molar-refractivity contribution is -0.173. The lowest BCUT2D eigenvalue weighted by Gasteiger charge is -2.62. The fraction of sp³-hybridized carbons (Fsp3) is 0.545. The van der Waals surface area contributed by atoms with Gasteiger partial charge in [-0.3, -0.25) is 9.89 Å². The topological polar surface area (TPSA) is 107 Å². The number of aliphatic hydroxyl groups is 1. The number of unbranched alkanes of at least 4 members (excludes halogenated alkanes) is 2. The van der Waals surface area contributed by atoms with E-state index < -0.39 is 11.0 Å². The summed E-state index contributed by atoms with van der Waals surface area (Å²) in [7, 11) is 0. The summed E-state index contributed by atoms with van der Waals surface area (Å²) in [4.78, 5) is 10.9. The number of nitrogens with zero attached hydrogens (tertiary/aromatic N) is 2. The van der Waals surface area contributed by atoms with Crippen molar-refractivity contribution in [1.82, 2.24) is 9.88 Å². The number of fused-ring (bicyclic) bond motifs is 4. The van der Waals surface area contributed by atoms with Gasteiger partial charge in [-0.15, -0.1) is 0 Å². The smallest absolute Gasteiger partial charge is 0.166 e. The molecule has 1 saturated carbocycles. The molecule has 3 aliphatic carbocycles. The largest absolute Gasteiger partial charge is 0.504 e. The number of aromatic amines is 1. The summed E-state index contributed by atoms with van der Waals surface area (Å²) in [5.74, 6) is 2.19. The lowest BCUT2D eigenvalue weighted by atomic mass is 9.49. The number of aromatic nitrogens is 1. The highest BCUT2D eigenvalue weighted by atomic mass is 16.5. The molecule has 40 heavy (non-hydrogen) atoms. The molecule has 1 saturated heterocycles. The van der Waals surface area contributed by atoms with E-state index in [9.17, 15) is 10.2 Å². The summed E-state index contributed by atoms with van der Waals surface area (Å²) < 4.78 is 6.72. The Labute approximate surface area is 235 Å². The zero-order valence-electron chi connectivity index (χ0n) is 23.4. The first kappa shape index (κ1) is 24.7. The SMILES string of the molecule is CCCCCN=C(N)Cc1ccc2[nH]c3c(c2c1)C[C@@]1(O)[C@H]2Cc4ccc(O)c5c4[C@@]1(CCN2CC1CC1)[C@H]3O5. The molecule has 2 aromatic carbocycles. The van der Waals surface area contributed by atoms with Gasteiger partial charge < -0.3 is 25.7 Å². The molecule has 0 amide bonds. The van der Waals surface area contributed by atoms with Crippen molar-refractivity contribution in [2.75, 3.05) is 19.6 Å². The Morgan fingerprint density at radius 1 is 1.23 bits per heavy atom. The number of nitrogens with two attached hydrogens (primary N) is 1. The van der Waals surface area contributed by atoms with Gasteiger partial charge in [0.05, 0.1) is 22.5 Å². The number of benzene rings is 2. The van der Waals surface area contributed by atoms with Crippen LogP contribution in [0.2, 0.25) is 0 Å². The number of hydrogen-bond donors (Lipinski definition) is 4. The third-order valence-electron chi connectivity index (χ3n) is 10.7. The van der Waals surface area contributed by atoms with Crippen molar-refractivity contribution in [1.29, 1.82) is 0 Å². The summed E-state index contributed by atoms with van der Waals surface area (Å²) >= 11 is 0. The molecule has 210 valence electrons. The molecule has 7 nitrogen and oxygen atoms in total. The zero-order valence-corrected chi connectivity index (χ0v) is 23.4. The highest BCUT2D eigenvalue weighted by Gasteiger charge is 2.72. The first-order chi connectivity index (χ1) is 19.4. The van der Waals surface area contributed by atoms with Gasteiger partial charge in [0, 0.05) is 48.4 Å². The van der Waals surface area contributed by atoms with Crippen LogP contribution in [0.25, 0.3) is 10.9 Å². The minimum atomic E-state index is -0.977. The third kappa shape index (κ3) is 3.34. The predicted molar refractivity (Wildman–Crippen MR) is 156 cm³/mol. The molecule has 5 aliphatic rings. The van der Waals surface area contributed by atoms with Gasteiger partial charge in [0.1, 0.15) is 0 Å². The Balaban J connectivity index is 1.23. The number of H-pyrrole nitrogens is 1. The van der Waals surface area contributed by atoms with Gasteiger partial charge in [-0.25, -0.2) is 0 Å². The van der Waals surface area contributed by atoms with Crippen molar-refractivity contribution < 1.29 is 14.9 Å². The van der Waals surface area contributed by atoms with E-state index in [2.05, 4.69) is 46.1 Å². The van der Waals surface area contributed by atoms with Crippen LogP contribution in [0.3, 0.4) is 0 Å². The summed E-state index contributed by atoms with van der Waals surface area (Å²) in [5.41, 5.74) is 11.4. The van der Waals surface area contributed by atoms with Crippen molar-refractivity contribution in [3.05, 3.63) is 58.3 Å². The van der Waals surface area contributed by atoms with Gasteiger partial charge in [0.15, 0.2) is 17.6 Å². The van der Waals surface area contributed by atoms with E-state index in [-0.39, 0.29) is 17.9 Å². The third-order valence-corrected chi connectivity index (χ3v) is 10.7. The molecule has 2 aliphatic heterocycles. The number of hydrogen-bond acceptors (Lipinski definition) is 5. The van der Waals surface area contributed by atoms with Crippen molar-refractivity contribution in [2.45, 2.75) is 87.9 Å². The zero-order chi connectivity index (χ0) is 27.2. The molecule has 8 rings (SSSR count). The van der Waals surface area contributed by atoms with E-state index in [1.807, 2.05) is 0 Å². The molecular weight excluding hydrogens is 500 g/mol. The average Bonchev–Trinajstić information content (AvgIpc) is 3.58. The predicted octanol–water partition coefficient (Wildman–Crippen LogP) is 4.66. The number of aliphatic imine (C=N–C) groups is 1. The summed E-state index contributed by atoms with van der Waals surface area (Å²) in [6, 6.07) is 10.4. The van der Waals surface area contributed by atoms with E-state index in [0.717, 1.165) is 78.1 Å². The van der Waals surface area contributed by atoms with Crippen LogP contribution in [-0.4, -0.2) is 57.2 Å². The molecule has 3 heterocycles. The average molecular weight is 541 g/mol. The minimum Gasteiger partial charge on any atom is -0.504 e. The lowest BCUT2D eigenvalue weighted by Crippen LogP contribution is -2.74. The maximum absolute atomic E-state index is 13.0. The van der Waals surface area contributed by atoms with Crippen molar-refractivity contribution in [2.24, 2.45) is 16.6 Å². The molecule has 5 N–H and O–H groups in total. The molecule has 2 bridgehead atoms. The van der Waals surface area contributed by atoms with Crippen LogP contribution in [0.5, 0.6) is 11.5 Å². The van der Waals surface area contributed by atoms with Crippen LogP contribution in [-0.2, 0) is 24.7 Å². The van der Waals surface area contributed by atoms with Gasteiger partial charge in [-0.05, 0) is 79.5 Å². The molecule has 0 unspecified atom stereocenters. The first-order valence-electron chi connectivity index (χ1n) is 15.3. The van der Waals surface area contributed by atoms with Gasteiger partial charge in [-0.1, -0.05) is 31.9 Å². The molecule has 7 heteroatoms. The van der Waals surface area contributed by atoms with Crippen LogP contribution >= 0.6 is 0 Å².